The normalized spacial score (nSPS) is 13.9. The van der Waals surface area contributed by atoms with Crippen LogP contribution in [0.25, 0.3) is 0 Å². The Labute approximate surface area is 189 Å². The van der Waals surface area contributed by atoms with Crippen molar-refractivity contribution < 1.29 is 13.9 Å². The third-order valence-electron chi connectivity index (χ3n) is 5.59. The zero-order valence-electron chi connectivity index (χ0n) is 17.4. The molecule has 3 aromatic rings. The number of pyridine rings is 1. The number of nitrogens with zero attached hydrogens (tertiary/aromatic N) is 3. The summed E-state index contributed by atoms with van der Waals surface area (Å²) < 4.78 is 19.7. The maximum Gasteiger partial charge on any atom is 0.259 e. The lowest BCUT2D eigenvalue weighted by molar-refractivity contribution is 0.0743. The molecule has 0 spiro atoms. The van der Waals surface area contributed by atoms with Gasteiger partial charge in [-0.15, -0.1) is 0 Å². The van der Waals surface area contributed by atoms with Gasteiger partial charge in [-0.2, -0.15) is 0 Å². The maximum absolute atomic E-state index is 13.4. The van der Waals surface area contributed by atoms with Gasteiger partial charge >= 0.3 is 0 Å². The number of halogens is 2. The third kappa shape index (κ3) is 4.56. The van der Waals surface area contributed by atoms with Gasteiger partial charge in [0.1, 0.15) is 17.1 Å². The fraction of sp³-hybridized carbons (Fsp3) is 0.250. The minimum Gasteiger partial charge on any atom is -0.437 e. The van der Waals surface area contributed by atoms with E-state index in [1.54, 1.807) is 18.3 Å². The molecule has 0 bridgehead atoms. The molecule has 0 radical (unpaired) electrons. The lowest BCUT2D eigenvalue weighted by Crippen LogP contribution is -2.49. The van der Waals surface area contributed by atoms with Crippen LogP contribution in [0.2, 0.25) is 0 Å². The Morgan fingerprint density at radius 1 is 1.06 bits per heavy atom. The molecular formula is C24H23BrFN3O2. The van der Waals surface area contributed by atoms with Crippen molar-refractivity contribution in [3.63, 3.8) is 0 Å². The molecule has 1 aromatic heterocycles. The van der Waals surface area contributed by atoms with Gasteiger partial charge in [-0.1, -0.05) is 12.1 Å². The van der Waals surface area contributed by atoms with Crippen LogP contribution in [-0.4, -0.2) is 42.0 Å². The summed E-state index contributed by atoms with van der Waals surface area (Å²) in [5.41, 5.74) is 4.15. The quantitative estimate of drug-likeness (QED) is 0.501. The summed E-state index contributed by atoms with van der Waals surface area (Å²) >= 11 is 3.29. The number of anilines is 1. The first-order valence-corrected chi connectivity index (χ1v) is 10.9. The zero-order valence-corrected chi connectivity index (χ0v) is 19.0. The molecule has 0 saturated carbocycles. The van der Waals surface area contributed by atoms with Crippen molar-refractivity contribution >= 4 is 27.5 Å². The van der Waals surface area contributed by atoms with E-state index in [1.165, 1.54) is 35.0 Å². The van der Waals surface area contributed by atoms with Crippen molar-refractivity contribution in [2.75, 3.05) is 31.1 Å². The standard InChI is InChI=1S/C24H23BrFN3O2/c1-16-5-3-7-21(17(16)2)28-11-13-29(14-12-28)24(30)19-6-4-10-27-23(19)31-22-9-8-18(26)15-20(22)25/h3-10,15H,11-14H2,1-2H3. The molecule has 160 valence electrons. The topological polar surface area (TPSA) is 45.7 Å². The van der Waals surface area contributed by atoms with Gasteiger partial charge in [-0.25, -0.2) is 9.37 Å². The maximum atomic E-state index is 13.4. The minimum absolute atomic E-state index is 0.123. The highest BCUT2D eigenvalue weighted by Gasteiger charge is 2.26. The van der Waals surface area contributed by atoms with Crippen LogP contribution >= 0.6 is 15.9 Å². The first-order chi connectivity index (χ1) is 14.9. The number of carbonyl (C=O) groups excluding carboxylic acids is 1. The lowest BCUT2D eigenvalue weighted by Gasteiger charge is -2.37. The third-order valence-corrected chi connectivity index (χ3v) is 6.21. The second-order valence-corrected chi connectivity index (χ2v) is 8.39. The van der Waals surface area contributed by atoms with Gasteiger partial charge in [0.05, 0.1) is 4.47 Å². The van der Waals surface area contributed by atoms with E-state index in [9.17, 15) is 9.18 Å². The van der Waals surface area contributed by atoms with E-state index in [0.717, 1.165) is 13.1 Å². The van der Waals surface area contributed by atoms with Crippen LogP contribution < -0.4 is 9.64 Å². The molecule has 4 rings (SSSR count). The van der Waals surface area contributed by atoms with Crippen molar-refractivity contribution in [1.29, 1.82) is 0 Å². The Bertz CT molecular complexity index is 1110. The summed E-state index contributed by atoms with van der Waals surface area (Å²) in [7, 11) is 0. The highest BCUT2D eigenvalue weighted by Crippen LogP contribution is 2.31. The Hall–Kier alpha value is -2.93. The lowest BCUT2D eigenvalue weighted by atomic mass is 10.1. The first-order valence-electron chi connectivity index (χ1n) is 10.1. The van der Waals surface area contributed by atoms with Crippen LogP contribution in [0.5, 0.6) is 11.6 Å². The van der Waals surface area contributed by atoms with E-state index in [4.69, 9.17) is 4.74 Å². The summed E-state index contributed by atoms with van der Waals surface area (Å²) in [5.74, 6) is 0.103. The predicted octanol–water partition coefficient (Wildman–Crippen LogP) is 5.35. The number of aromatic nitrogens is 1. The number of ether oxygens (including phenoxy) is 1. The molecule has 1 aliphatic rings. The average Bonchev–Trinajstić information content (AvgIpc) is 2.78. The van der Waals surface area contributed by atoms with Crippen LogP contribution in [0.15, 0.2) is 59.2 Å². The van der Waals surface area contributed by atoms with E-state index in [2.05, 4.69) is 57.9 Å². The second-order valence-electron chi connectivity index (χ2n) is 7.53. The van der Waals surface area contributed by atoms with Gasteiger partial charge in [-0.05, 0) is 77.3 Å². The monoisotopic (exact) mass is 483 g/mol. The second kappa shape index (κ2) is 9.06. The Morgan fingerprint density at radius 2 is 1.84 bits per heavy atom. The van der Waals surface area contributed by atoms with Crippen molar-refractivity contribution in [3.05, 3.63) is 81.7 Å². The minimum atomic E-state index is -0.377. The van der Waals surface area contributed by atoms with Gasteiger partial charge < -0.3 is 14.5 Å². The van der Waals surface area contributed by atoms with Crippen molar-refractivity contribution in [2.45, 2.75) is 13.8 Å². The van der Waals surface area contributed by atoms with Crippen molar-refractivity contribution in [1.82, 2.24) is 9.88 Å². The van der Waals surface area contributed by atoms with Gasteiger partial charge in [0.15, 0.2) is 0 Å². The average molecular weight is 484 g/mol. The van der Waals surface area contributed by atoms with E-state index >= 15 is 0 Å². The SMILES string of the molecule is Cc1cccc(N2CCN(C(=O)c3cccnc3Oc3ccc(F)cc3Br)CC2)c1C. The molecule has 1 amide bonds. The number of aryl methyl sites for hydroxylation is 1. The molecule has 1 aliphatic heterocycles. The number of piperazine rings is 1. The first kappa shape index (κ1) is 21.3. The largest absolute Gasteiger partial charge is 0.437 e. The summed E-state index contributed by atoms with van der Waals surface area (Å²) in [5, 5.41) is 0. The number of hydrogen-bond acceptors (Lipinski definition) is 4. The molecule has 0 N–H and O–H groups in total. The van der Waals surface area contributed by atoms with E-state index in [-0.39, 0.29) is 17.6 Å². The van der Waals surface area contributed by atoms with Crippen molar-refractivity contribution in [3.8, 4) is 11.6 Å². The fourth-order valence-corrected chi connectivity index (χ4v) is 4.13. The van der Waals surface area contributed by atoms with Crippen molar-refractivity contribution in [2.24, 2.45) is 0 Å². The summed E-state index contributed by atoms with van der Waals surface area (Å²) in [4.78, 5) is 21.6. The molecule has 0 aliphatic carbocycles. The van der Waals surface area contributed by atoms with Crippen LogP contribution in [0, 0.1) is 19.7 Å². The van der Waals surface area contributed by atoms with Gasteiger partial charge in [0.2, 0.25) is 5.88 Å². The van der Waals surface area contributed by atoms with Crippen LogP contribution in [-0.2, 0) is 0 Å². The fourth-order valence-electron chi connectivity index (χ4n) is 3.70. The van der Waals surface area contributed by atoms with Gasteiger partial charge in [0, 0.05) is 38.1 Å². The summed E-state index contributed by atoms with van der Waals surface area (Å²) in [6, 6.07) is 13.9. The Morgan fingerprint density at radius 3 is 2.58 bits per heavy atom. The number of benzene rings is 2. The molecule has 7 heteroatoms. The molecule has 1 fully saturated rings. The molecule has 1 saturated heterocycles. The number of amides is 1. The molecule has 31 heavy (non-hydrogen) atoms. The predicted molar refractivity (Wildman–Crippen MR) is 122 cm³/mol. The van der Waals surface area contributed by atoms with E-state index in [0.29, 0.717) is 28.9 Å². The number of rotatable bonds is 4. The van der Waals surface area contributed by atoms with E-state index in [1.807, 2.05) is 4.90 Å². The van der Waals surface area contributed by atoms with Crippen LogP contribution in [0.3, 0.4) is 0 Å². The van der Waals surface area contributed by atoms with Crippen LogP contribution in [0.4, 0.5) is 10.1 Å². The Balaban J connectivity index is 1.49. The molecule has 2 heterocycles. The van der Waals surface area contributed by atoms with Gasteiger partial charge in [-0.3, -0.25) is 4.79 Å². The Kier molecular flexibility index (Phi) is 6.23. The number of carbonyl (C=O) groups is 1. The highest BCUT2D eigenvalue weighted by molar-refractivity contribution is 9.10. The molecule has 2 aromatic carbocycles. The summed E-state index contributed by atoms with van der Waals surface area (Å²) in [6.45, 7) is 6.99. The van der Waals surface area contributed by atoms with Crippen LogP contribution in [0.1, 0.15) is 21.5 Å². The molecule has 5 nitrogen and oxygen atoms in total. The van der Waals surface area contributed by atoms with Gasteiger partial charge in [0.25, 0.3) is 5.91 Å². The number of hydrogen-bond donors (Lipinski definition) is 0. The smallest absolute Gasteiger partial charge is 0.259 e. The van der Waals surface area contributed by atoms with E-state index < -0.39 is 0 Å². The summed E-state index contributed by atoms with van der Waals surface area (Å²) in [6.07, 6.45) is 1.57. The molecule has 0 atom stereocenters. The molecule has 0 unspecified atom stereocenters. The zero-order chi connectivity index (χ0) is 22.0. The molecular weight excluding hydrogens is 461 g/mol. The highest BCUT2D eigenvalue weighted by atomic mass is 79.9.